The highest BCUT2D eigenvalue weighted by molar-refractivity contribution is 7.90. The van der Waals surface area contributed by atoms with Gasteiger partial charge in [0.15, 0.2) is 0 Å². The van der Waals surface area contributed by atoms with E-state index in [1.165, 1.54) is 6.07 Å². The van der Waals surface area contributed by atoms with E-state index >= 15 is 0 Å². The summed E-state index contributed by atoms with van der Waals surface area (Å²) >= 11 is 0. The highest BCUT2D eigenvalue weighted by atomic mass is 32.2. The van der Waals surface area contributed by atoms with Crippen LogP contribution in [0.25, 0.3) is 0 Å². The summed E-state index contributed by atoms with van der Waals surface area (Å²) < 4.78 is 39.4. The van der Waals surface area contributed by atoms with Crippen molar-refractivity contribution in [2.24, 2.45) is 46.3 Å². The number of carbonyl (C=O) groups excluding carboxylic acids is 1. The summed E-state index contributed by atoms with van der Waals surface area (Å²) in [6, 6.07) is 4.65. The monoisotopic (exact) mass is 603 g/mol. The summed E-state index contributed by atoms with van der Waals surface area (Å²) in [5, 5.41) is 21.8. The van der Waals surface area contributed by atoms with E-state index in [0.29, 0.717) is 35.8 Å². The van der Waals surface area contributed by atoms with E-state index in [-0.39, 0.29) is 46.4 Å². The predicted octanol–water partition coefficient (Wildman–Crippen LogP) is 5.44. The van der Waals surface area contributed by atoms with Crippen molar-refractivity contribution in [3.63, 3.8) is 0 Å². The molecule has 4 aliphatic carbocycles. The Labute approximate surface area is 251 Å². The molecule has 0 unspecified atom stereocenters. The third-order valence-corrected chi connectivity index (χ3v) is 13.8. The fraction of sp³-hybridized carbons (Fsp3) is 0.788. The Hall–Kier alpha value is -1.84. The average molecular weight is 604 g/mol. The minimum atomic E-state index is -4.08. The molecular weight excluding hydrogens is 554 g/mol. The van der Waals surface area contributed by atoms with Crippen LogP contribution in [-0.2, 0) is 21.2 Å². The number of carbonyl (C=O) groups is 1. The molecule has 5 aliphatic rings. The zero-order valence-corrected chi connectivity index (χ0v) is 26.6. The van der Waals surface area contributed by atoms with Crippen molar-refractivity contribution >= 4 is 16.1 Å². The fourth-order valence-corrected chi connectivity index (χ4v) is 11.4. The number of rotatable bonds is 5. The number of fused-ring (bicyclic) bond motifs is 6. The lowest BCUT2D eigenvalue weighted by Crippen LogP contribution is -2.58. The van der Waals surface area contributed by atoms with Crippen LogP contribution in [0.2, 0.25) is 0 Å². The van der Waals surface area contributed by atoms with Crippen LogP contribution in [0.1, 0.15) is 91.5 Å². The van der Waals surface area contributed by atoms with Crippen molar-refractivity contribution < 1.29 is 32.9 Å². The largest absolute Gasteiger partial charge is 0.487 e. The molecule has 9 heteroatoms. The third-order valence-electron chi connectivity index (χ3n) is 12.5. The van der Waals surface area contributed by atoms with E-state index < -0.39 is 21.7 Å². The number of hydrogen-bond donors (Lipinski definition) is 3. The van der Waals surface area contributed by atoms with Crippen molar-refractivity contribution in [1.82, 2.24) is 4.72 Å². The molecule has 0 spiro atoms. The second-order valence-corrected chi connectivity index (χ2v) is 17.1. The maximum absolute atomic E-state index is 13.0. The molecule has 1 aromatic carbocycles. The molecule has 10 atom stereocenters. The van der Waals surface area contributed by atoms with E-state index in [1.807, 2.05) is 13.8 Å². The topological polar surface area (TPSA) is 122 Å². The van der Waals surface area contributed by atoms with Gasteiger partial charge in [-0.25, -0.2) is 17.9 Å². The number of nitrogens with one attached hydrogen (secondary N) is 1. The molecule has 0 bridgehead atoms. The zero-order valence-electron chi connectivity index (χ0n) is 25.8. The molecule has 0 aromatic heterocycles. The smallest absolute Gasteiger partial charge is 0.421 e. The standard InChI is InChI=1S/C33H49NO7S/c1-19(18-40-30(37)34-42(38,39)23-6-9-28-20(14-23)17-31(2,3)41-28)24-7-8-25-29-26(11-13-33(24,25)5)32(4)12-10-22(35)15-21(32)16-27(29)36/h6,9,14,19,21-22,24-27,29,35-36H,7-8,10-13,15-18H2,1-5H3,(H,34,37)/t19-,21+,22+,24-,25+,26+,27-,29+,32+,33-/m1/s1. The maximum atomic E-state index is 13.0. The zero-order chi connectivity index (χ0) is 30.2. The van der Waals surface area contributed by atoms with Crippen LogP contribution < -0.4 is 9.46 Å². The van der Waals surface area contributed by atoms with E-state index in [4.69, 9.17) is 9.47 Å². The first-order chi connectivity index (χ1) is 19.6. The van der Waals surface area contributed by atoms with Gasteiger partial charge in [-0.15, -0.1) is 0 Å². The number of amides is 1. The third kappa shape index (κ3) is 5.05. The van der Waals surface area contributed by atoms with Gasteiger partial charge in [-0.3, -0.25) is 0 Å². The number of benzene rings is 1. The van der Waals surface area contributed by atoms with Gasteiger partial charge in [0.2, 0.25) is 0 Å². The molecule has 1 aliphatic heterocycles. The Balaban J connectivity index is 1.08. The van der Waals surface area contributed by atoms with Crippen LogP contribution in [0.4, 0.5) is 4.79 Å². The second kappa shape index (κ2) is 10.4. The van der Waals surface area contributed by atoms with Crippen LogP contribution >= 0.6 is 0 Å². The average Bonchev–Trinajstić information content (AvgIpc) is 3.42. The van der Waals surface area contributed by atoms with Gasteiger partial charge in [-0.1, -0.05) is 20.8 Å². The predicted molar refractivity (Wildman–Crippen MR) is 158 cm³/mol. The first-order valence-electron chi connectivity index (χ1n) is 16.0. The quantitative estimate of drug-likeness (QED) is 0.410. The molecule has 4 saturated carbocycles. The molecular formula is C33H49NO7S. The highest BCUT2D eigenvalue weighted by Gasteiger charge is 2.63. The lowest BCUT2D eigenvalue weighted by molar-refractivity contribution is -0.174. The van der Waals surface area contributed by atoms with Crippen molar-refractivity contribution in [3.05, 3.63) is 23.8 Å². The van der Waals surface area contributed by atoms with E-state index in [9.17, 15) is 23.4 Å². The van der Waals surface area contributed by atoms with Crippen molar-refractivity contribution in [3.8, 4) is 5.75 Å². The van der Waals surface area contributed by atoms with Gasteiger partial charge in [0.05, 0.1) is 23.7 Å². The van der Waals surface area contributed by atoms with Crippen LogP contribution in [-0.4, -0.2) is 49.1 Å². The van der Waals surface area contributed by atoms with Gasteiger partial charge < -0.3 is 19.7 Å². The fourth-order valence-electron chi connectivity index (χ4n) is 10.4. The SMILES string of the molecule is C[C@H](COC(=O)NS(=O)(=O)c1ccc2c(c1)CC(C)(C)O2)[C@H]1CC[C@H]2[C@@H]3[C@H](O)C[C@@H]4C[C@@H](O)CC[C@]4(C)[C@H]3CC[C@]12C. The second-order valence-electron chi connectivity index (χ2n) is 15.4. The molecule has 8 nitrogen and oxygen atoms in total. The lowest BCUT2D eigenvalue weighted by Gasteiger charge is -2.62. The molecule has 0 radical (unpaired) electrons. The molecule has 234 valence electrons. The first kappa shape index (κ1) is 30.2. The minimum Gasteiger partial charge on any atom is -0.487 e. The summed E-state index contributed by atoms with van der Waals surface area (Å²) in [6.07, 6.45) is 6.83. The summed E-state index contributed by atoms with van der Waals surface area (Å²) in [6.45, 7) is 10.9. The highest BCUT2D eigenvalue weighted by Crippen LogP contribution is 2.68. The number of sulfonamides is 1. The Morgan fingerprint density at radius 1 is 1.05 bits per heavy atom. The Kier molecular flexibility index (Phi) is 7.45. The van der Waals surface area contributed by atoms with E-state index in [0.717, 1.165) is 56.9 Å². The first-order valence-corrected chi connectivity index (χ1v) is 17.5. The Morgan fingerprint density at radius 2 is 1.76 bits per heavy atom. The molecule has 3 N–H and O–H groups in total. The molecule has 4 fully saturated rings. The van der Waals surface area contributed by atoms with E-state index in [2.05, 4.69) is 25.5 Å². The number of ether oxygens (including phenoxy) is 2. The van der Waals surface area contributed by atoms with Gasteiger partial charge in [-0.2, -0.15) is 0 Å². The van der Waals surface area contributed by atoms with E-state index in [1.54, 1.807) is 12.1 Å². The molecule has 42 heavy (non-hydrogen) atoms. The van der Waals surface area contributed by atoms with Crippen molar-refractivity contribution in [2.75, 3.05) is 6.61 Å². The Morgan fingerprint density at radius 3 is 2.52 bits per heavy atom. The summed E-state index contributed by atoms with van der Waals surface area (Å²) in [4.78, 5) is 12.7. The van der Waals surface area contributed by atoms with Crippen LogP contribution in [0.3, 0.4) is 0 Å². The molecule has 1 aromatic rings. The molecule has 1 heterocycles. The van der Waals surface area contributed by atoms with Gasteiger partial charge in [-0.05, 0) is 135 Å². The van der Waals surface area contributed by atoms with Gasteiger partial charge >= 0.3 is 6.09 Å². The summed E-state index contributed by atoms with van der Waals surface area (Å²) in [7, 11) is -4.08. The Bertz CT molecular complexity index is 1330. The van der Waals surface area contributed by atoms with Crippen LogP contribution in [0.15, 0.2) is 23.1 Å². The van der Waals surface area contributed by atoms with Gasteiger partial charge in [0.1, 0.15) is 11.4 Å². The van der Waals surface area contributed by atoms with Gasteiger partial charge in [0, 0.05) is 6.42 Å². The van der Waals surface area contributed by atoms with Gasteiger partial charge in [0.25, 0.3) is 10.0 Å². The number of aliphatic hydroxyl groups excluding tert-OH is 2. The van der Waals surface area contributed by atoms with Crippen LogP contribution in [0.5, 0.6) is 5.75 Å². The molecule has 0 saturated heterocycles. The maximum Gasteiger partial charge on any atom is 0.421 e. The molecule has 6 rings (SSSR count). The minimum absolute atomic E-state index is 0.0184. The number of hydrogen-bond acceptors (Lipinski definition) is 7. The van der Waals surface area contributed by atoms with Crippen molar-refractivity contribution in [2.45, 2.75) is 115 Å². The normalized spacial score (nSPS) is 41.0. The lowest BCUT2D eigenvalue weighted by atomic mass is 9.43. The summed E-state index contributed by atoms with van der Waals surface area (Å²) in [5.74, 6) is 2.63. The molecule has 1 amide bonds. The number of aliphatic hydroxyl groups is 2. The summed E-state index contributed by atoms with van der Waals surface area (Å²) in [5.41, 5.74) is 0.642. The van der Waals surface area contributed by atoms with Crippen molar-refractivity contribution in [1.29, 1.82) is 0 Å². The van der Waals surface area contributed by atoms with Crippen LogP contribution in [0, 0.1) is 46.3 Å².